The summed E-state index contributed by atoms with van der Waals surface area (Å²) in [6.45, 7) is 1.38. The fraction of sp³-hybridized carbons (Fsp3) is 0.417. The standard InChI is InChI=1S/C12H14F3NO4S/c1-8(16-21(19,20)6-5-11(17)18)9-3-2-4-10(7-9)12(13,14)15/h2-4,7-8,16H,5-6H2,1H3,(H,17,18). The van der Waals surface area contributed by atoms with Crippen molar-refractivity contribution in [3.05, 3.63) is 35.4 Å². The Balaban J connectivity index is 2.85. The molecule has 1 aromatic rings. The van der Waals surface area contributed by atoms with E-state index in [0.29, 0.717) is 0 Å². The van der Waals surface area contributed by atoms with E-state index >= 15 is 0 Å². The van der Waals surface area contributed by atoms with Crippen molar-refractivity contribution in [2.24, 2.45) is 0 Å². The topological polar surface area (TPSA) is 83.5 Å². The van der Waals surface area contributed by atoms with E-state index in [4.69, 9.17) is 5.11 Å². The zero-order chi connectivity index (χ0) is 16.3. The Morgan fingerprint density at radius 2 is 2.00 bits per heavy atom. The first kappa shape index (κ1) is 17.4. The van der Waals surface area contributed by atoms with Crippen molar-refractivity contribution < 1.29 is 31.5 Å². The molecule has 0 saturated heterocycles. The minimum absolute atomic E-state index is 0.142. The number of aliphatic carboxylic acids is 1. The van der Waals surface area contributed by atoms with Crippen molar-refractivity contribution in [3.8, 4) is 0 Å². The second-order valence-electron chi connectivity index (χ2n) is 4.43. The predicted octanol–water partition coefficient (Wildman–Crippen LogP) is 2.16. The van der Waals surface area contributed by atoms with Gasteiger partial charge in [0, 0.05) is 6.04 Å². The summed E-state index contributed by atoms with van der Waals surface area (Å²) in [4.78, 5) is 10.3. The van der Waals surface area contributed by atoms with Crippen LogP contribution in [-0.4, -0.2) is 25.2 Å². The van der Waals surface area contributed by atoms with Crippen LogP contribution in [0.4, 0.5) is 13.2 Å². The largest absolute Gasteiger partial charge is 0.481 e. The van der Waals surface area contributed by atoms with Crippen LogP contribution in [0.3, 0.4) is 0 Å². The highest BCUT2D eigenvalue weighted by Crippen LogP contribution is 2.30. The number of hydrogen-bond donors (Lipinski definition) is 2. The molecule has 0 aliphatic carbocycles. The highest BCUT2D eigenvalue weighted by Gasteiger charge is 2.31. The number of alkyl halides is 3. The zero-order valence-corrected chi connectivity index (χ0v) is 11.8. The fourth-order valence-corrected chi connectivity index (χ4v) is 2.84. The van der Waals surface area contributed by atoms with Crippen LogP contribution in [0.15, 0.2) is 24.3 Å². The first-order valence-electron chi connectivity index (χ1n) is 5.90. The summed E-state index contributed by atoms with van der Waals surface area (Å²) in [6.07, 6.45) is -5.09. The molecule has 118 valence electrons. The van der Waals surface area contributed by atoms with E-state index in [0.717, 1.165) is 12.1 Å². The third-order valence-corrected chi connectivity index (χ3v) is 4.11. The van der Waals surface area contributed by atoms with Gasteiger partial charge in [0.1, 0.15) is 0 Å². The number of benzene rings is 1. The molecule has 0 aromatic heterocycles. The van der Waals surface area contributed by atoms with Crippen LogP contribution in [0.1, 0.15) is 30.5 Å². The van der Waals surface area contributed by atoms with Crippen LogP contribution in [-0.2, 0) is 21.0 Å². The van der Waals surface area contributed by atoms with E-state index in [-0.39, 0.29) is 5.56 Å². The van der Waals surface area contributed by atoms with Crippen LogP contribution < -0.4 is 4.72 Å². The number of rotatable bonds is 6. The second-order valence-corrected chi connectivity index (χ2v) is 6.30. The summed E-state index contributed by atoms with van der Waals surface area (Å²) < 4.78 is 63.1. The van der Waals surface area contributed by atoms with Crippen LogP contribution in [0, 0.1) is 0 Å². The van der Waals surface area contributed by atoms with Gasteiger partial charge < -0.3 is 5.11 Å². The summed E-state index contributed by atoms with van der Waals surface area (Å²) in [7, 11) is -3.88. The van der Waals surface area contributed by atoms with Crippen LogP contribution >= 0.6 is 0 Å². The normalized spacial score (nSPS) is 13.9. The molecule has 0 saturated carbocycles. The molecular weight excluding hydrogens is 311 g/mol. The molecule has 0 aliphatic rings. The molecule has 2 N–H and O–H groups in total. The van der Waals surface area contributed by atoms with Gasteiger partial charge in [0.2, 0.25) is 10.0 Å². The minimum atomic E-state index is -4.52. The van der Waals surface area contributed by atoms with Gasteiger partial charge in [-0.3, -0.25) is 4.79 Å². The van der Waals surface area contributed by atoms with Crippen LogP contribution in [0.5, 0.6) is 0 Å². The van der Waals surface area contributed by atoms with Gasteiger partial charge in [-0.15, -0.1) is 0 Å². The SMILES string of the molecule is CC(NS(=O)(=O)CCC(=O)O)c1cccc(C(F)(F)F)c1. The molecule has 0 aliphatic heterocycles. The zero-order valence-electron chi connectivity index (χ0n) is 11.0. The van der Waals surface area contributed by atoms with E-state index < -0.39 is 45.9 Å². The van der Waals surface area contributed by atoms with Gasteiger partial charge in [0.15, 0.2) is 0 Å². The van der Waals surface area contributed by atoms with Crippen LogP contribution in [0.25, 0.3) is 0 Å². The minimum Gasteiger partial charge on any atom is -0.481 e. The number of sulfonamides is 1. The fourth-order valence-electron chi connectivity index (χ4n) is 1.60. The van der Waals surface area contributed by atoms with Gasteiger partial charge >= 0.3 is 12.1 Å². The Bertz CT molecular complexity index is 613. The van der Waals surface area contributed by atoms with Crippen molar-refractivity contribution >= 4 is 16.0 Å². The van der Waals surface area contributed by atoms with E-state index in [2.05, 4.69) is 4.72 Å². The van der Waals surface area contributed by atoms with E-state index in [1.165, 1.54) is 19.1 Å². The number of carboxylic acids is 1. The summed E-state index contributed by atoms with van der Waals surface area (Å²) >= 11 is 0. The quantitative estimate of drug-likeness (QED) is 0.839. The summed E-state index contributed by atoms with van der Waals surface area (Å²) in [5.41, 5.74) is -0.736. The molecule has 1 atom stereocenters. The van der Waals surface area contributed by atoms with Crippen molar-refractivity contribution in [1.29, 1.82) is 0 Å². The lowest BCUT2D eigenvalue weighted by Crippen LogP contribution is -2.30. The van der Waals surface area contributed by atoms with Gasteiger partial charge in [0.25, 0.3) is 0 Å². The molecule has 21 heavy (non-hydrogen) atoms. The predicted molar refractivity (Wildman–Crippen MR) is 69.0 cm³/mol. The molecule has 0 fully saturated rings. The number of carbonyl (C=O) groups is 1. The van der Waals surface area contributed by atoms with Gasteiger partial charge in [-0.05, 0) is 24.6 Å². The molecule has 1 unspecified atom stereocenters. The third-order valence-electron chi connectivity index (χ3n) is 2.65. The van der Waals surface area contributed by atoms with Gasteiger partial charge in [0.05, 0.1) is 17.7 Å². The van der Waals surface area contributed by atoms with E-state index in [1.54, 1.807) is 0 Å². The van der Waals surface area contributed by atoms with Crippen molar-refractivity contribution in [1.82, 2.24) is 4.72 Å². The maximum absolute atomic E-state index is 12.6. The molecule has 1 rings (SSSR count). The number of halogens is 3. The number of nitrogens with one attached hydrogen (secondary N) is 1. The molecule has 0 spiro atoms. The Hall–Kier alpha value is -1.61. The van der Waals surface area contributed by atoms with Crippen LogP contribution in [0.2, 0.25) is 0 Å². The first-order chi connectivity index (χ1) is 9.51. The number of hydrogen-bond acceptors (Lipinski definition) is 3. The molecule has 0 amide bonds. The maximum Gasteiger partial charge on any atom is 0.416 e. The lowest BCUT2D eigenvalue weighted by Gasteiger charge is -2.16. The molecule has 0 bridgehead atoms. The third kappa shape index (κ3) is 5.72. The average molecular weight is 325 g/mol. The van der Waals surface area contributed by atoms with E-state index in [9.17, 15) is 26.4 Å². The second kappa shape index (κ2) is 6.44. The van der Waals surface area contributed by atoms with Gasteiger partial charge in [-0.2, -0.15) is 13.2 Å². The molecule has 9 heteroatoms. The Labute approximate surface area is 119 Å². The monoisotopic (exact) mass is 325 g/mol. The van der Waals surface area contributed by atoms with Crippen molar-refractivity contribution in [2.75, 3.05) is 5.75 Å². The summed E-state index contributed by atoms with van der Waals surface area (Å²) in [5.74, 6) is -1.90. The molecular formula is C12H14F3NO4S. The maximum atomic E-state index is 12.6. The van der Waals surface area contributed by atoms with Crippen molar-refractivity contribution in [3.63, 3.8) is 0 Å². The lowest BCUT2D eigenvalue weighted by molar-refractivity contribution is -0.138. The van der Waals surface area contributed by atoms with Gasteiger partial charge in [-0.1, -0.05) is 12.1 Å². The Morgan fingerprint density at radius 3 is 2.52 bits per heavy atom. The first-order valence-corrected chi connectivity index (χ1v) is 7.55. The highest BCUT2D eigenvalue weighted by atomic mass is 32.2. The Kier molecular flexibility index (Phi) is 5.35. The molecule has 0 radical (unpaired) electrons. The van der Waals surface area contributed by atoms with Gasteiger partial charge in [-0.25, -0.2) is 13.1 Å². The smallest absolute Gasteiger partial charge is 0.416 e. The molecule has 0 heterocycles. The highest BCUT2D eigenvalue weighted by molar-refractivity contribution is 7.89. The lowest BCUT2D eigenvalue weighted by atomic mass is 10.1. The Morgan fingerprint density at radius 1 is 1.38 bits per heavy atom. The number of carboxylic acid groups (broad SMARTS) is 1. The van der Waals surface area contributed by atoms with E-state index in [1.807, 2.05) is 0 Å². The molecule has 1 aromatic carbocycles. The molecule has 5 nitrogen and oxygen atoms in total. The summed E-state index contributed by atoms with van der Waals surface area (Å²) in [6, 6.07) is 3.38. The van der Waals surface area contributed by atoms with Crippen molar-refractivity contribution in [2.45, 2.75) is 25.6 Å². The average Bonchev–Trinajstić information content (AvgIpc) is 2.35. The summed E-state index contributed by atoms with van der Waals surface area (Å²) in [5, 5.41) is 8.44.